The van der Waals surface area contributed by atoms with E-state index >= 15 is 0 Å². The lowest BCUT2D eigenvalue weighted by atomic mass is 10.00. The molecule has 0 radical (unpaired) electrons. The van der Waals surface area contributed by atoms with Gasteiger partial charge in [0.25, 0.3) is 5.91 Å². The number of hydrogen-bond acceptors (Lipinski definition) is 6. The number of para-hydroxylation sites is 1. The van der Waals surface area contributed by atoms with Crippen LogP contribution in [0.3, 0.4) is 0 Å². The fourth-order valence-electron chi connectivity index (χ4n) is 4.66. The van der Waals surface area contributed by atoms with Gasteiger partial charge in [-0.1, -0.05) is 48.0 Å². The topological polar surface area (TPSA) is 102 Å². The van der Waals surface area contributed by atoms with Crippen LogP contribution in [0.25, 0.3) is 22.0 Å². The van der Waals surface area contributed by atoms with E-state index < -0.39 is 23.6 Å². The zero-order valence-corrected chi connectivity index (χ0v) is 24.6. The van der Waals surface area contributed by atoms with Gasteiger partial charge >= 0.3 is 12.1 Å². The Hall–Kier alpha value is -5.29. The predicted molar refractivity (Wildman–Crippen MR) is 164 cm³/mol. The molecule has 0 bridgehead atoms. The number of benzene rings is 4. The first-order valence-corrected chi connectivity index (χ1v) is 13.9. The summed E-state index contributed by atoms with van der Waals surface area (Å²) in [6.45, 7) is 2.03. The molecule has 0 saturated carbocycles. The molecular weight excluding hydrogens is 611 g/mol. The molecule has 0 atom stereocenters. The highest BCUT2D eigenvalue weighted by molar-refractivity contribution is 6.34. The Kier molecular flexibility index (Phi) is 9.10. The summed E-state index contributed by atoms with van der Waals surface area (Å²) in [5, 5.41) is 4.43. The first-order valence-electron chi connectivity index (χ1n) is 13.5. The van der Waals surface area contributed by atoms with Crippen LogP contribution in [0.15, 0.2) is 90.0 Å². The summed E-state index contributed by atoms with van der Waals surface area (Å²) >= 11 is 6.39. The van der Waals surface area contributed by atoms with E-state index in [-0.39, 0.29) is 50.9 Å². The highest BCUT2D eigenvalue weighted by Crippen LogP contribution is 2.41. The average Bonchev–Trinajstić information content (AvgIpc) is 3.41. The minimum atomic E-state index is -4.67. The van der Waals surface area contributed by atoms with Gasteiger partial charge < -0.3 is 19.2 Å². The standard InChI is InChI=1S/C33H25ClF3N3O5/c1-3-44-27-16-19(14-15-26(27)45-32(42)20-8-6-9-21(17-20)43-2)18-38-40-31(41)30-28(22-10-4-5-13-25(22)34)23-11-7-12-24(29(23)39-30)33(35,36)37/h4-18,39H,3H2,1-2H3,(H,40,41). The number of ether oxygens (including phenoxy) is 3. The van der Waals surface area contributed by atoms with Gasteiger partial charge in [-0.15, -0.1) is 0 Å². The van der Waals surface area contributed by atoms with Crippen molar-refractivity contribution in [2.24, 2.45) is 5.10 Å². The number of carbonyl (C=O) groups excluding carboxylic acids is 2. The maximum Gasteiger partial charge on any atom is 0.418 e. The molecule has 1 heterocycles. The van der Waals surface area contributed by atoms with Crippen LogP contribution in [0.5, 0.6) is 17.2 Å². The monoisotopic (exact) mass is 635 g/mol. The van der Waals surface area contributed by atoms with Gasteiger partial charge in [-0.2, -0.15) is 18.3 Å². The number of hydrogen-bond donors (Lipinski definition) is 2. The van der Waals surface area contributed by atoms with E-state index in [1.54, 1.807) is 67.6 Å². The summed E-state index contributed by atoms with van der Waals surface area (Å²) in [7, 11) is 1.49. The number of nitrogens with zero attached hydrogens (tertiary/aromatic N) is 1. The number of aromatic amines is 1. The molecule has 4 aromatic carbocycles. The molecular formula is C33H25ClF3N3O5. The third-order valence-electron chi connectivity index (χ3n) is 6.66. The maximum absolute atomic E-state index is 13.8. The summed E-state index contributed by atoms with van der Waals surface area (Å²) in [6, 6.07) is 21.4. The zero-order valence-electron chi connectivity index (χ0n) is 23.9. The first-order chi connectivity index (χ1) is 21.6. The van der Waals surface area contributed by atoms with E-state index in [4.69, 9.17) is 25.8 Å². The first kappa shape index (κ1) is 31.1. The van der Waals surface area contributed by atoms with Crippen molar-refractivity contribution in [3.8, 4) is 28.4 Å². The van der Waals surface area contributed by atoms with Crippen LogP contribution >= 0.6 is 11.6 Å². The smallest absolute Gasteiger partial charge is 0.418 e. The number of rotatable bonds is 9. The lowest BCUT2D eigenvalue weighted by Crippen LogP contribution is -2.19. The van der Waals surface area contributed by atoms with Crippen molar-refractivity contribution in [2.75, 3.05) is 13.7 Å². The maximum atomic E-state index is 13.8. The van der Waals surface area contributed by atoms with Crippen molar-refractivity contribution in [1.82, 2.24) is 10.4 Å². The summed E-state index contributed by atoms with van der Waals surface area (Å²) in [5.74, 6) is -0.506. The lowest BCUT2D eigenvalue weighted by Gasteiger charge is -2.11. The van der Waals surface area contributed by atoms with Crippen molar-refractivity contribution < 1.29 is 37.0 Å². The molecule has 230 valence electrons. The Balaban J connectivity index is 1.41. The van der Waals surface area contributed by atoms with Gasteiger partial charge in [-0.05, 0) is 61.0 Å². The van der Waals surface area contributed by atoms with Crippen molar-refractivity contribution >= 4 is 40.6 Å². The fraction of sp³-hybridized carbons (Fsp3) is 0.121. The third-order valence-corrected chi connectivity index (χ3v) is 6.99. The number of aromatic nitrogens is 1. The van der Waals surface area contributed by atoms with Crippen LogP contribution in [0, 0.1) is 0 Å². The van der Waals surface area contributed by atoms with Crippen LogP contribution in [0.4, 0.5) is 13.2 Å². The average molecular weight is 636 g/mol. The van der Waals surface area contributed by atoms with Crippen LogP contribution in [0.1, 0.15) is 38.9 Å². The Bertz CT molecular complexity index is 1920. The number of H-pyrrole nitrogens is 1. The predicted octanol–water partition coefficient (Wildman–Crippen LogP) is 7.90. The van der Waals surface area contributed by atoms with E-state index in [9.17, 15) is 22.8 Å². The van der Waals surface area contributed by atoms with E-state index in [2.05, 4.69) is 15.5 Å². The molecule has 0 fully saturated rings. The number of nitrogens with one attached hydrogen (secondary N) is 2. The number of methoxy groups -OCH3 is 1. The second-order valence-electron chi connectivity index (χ2n) is 9.54. The van der Waals surface area contributed by atoms with Gasteiger partial charge in [0.05, 0.1) is 36.6 Å². The van der Waals surface area contributed by atoms with Crippen LogP contribution in [-0.2, 0) is 6.18 Å². The Morgan fingerprint density at radius 3 is 2.49 bits per heavy atom. The summed E-state index contributed by atoms with van der Waals surface area (Å²) < 4.78 is 57.8. The summed E-state index contributed by atoms with van der Waals surface area (Å²) in [5.41, 5.74) is 2.36. The quantitative estimate of drug-likeness (QED) is 0.0742. The van der Waals surface area contributed by atoms with E-state index in [1.807, 2.05) is 0 Å². The molecule has 0 aliphatic carbocycles. The van der Waals surface area contributed by atoms with Gasteiger partial charge in [0.1, 0.15) is 11.4 Å². The fourth-order valence-corrected chi connectivity index (χ4v) is 4.89. The number of hydrazone groups is 1. The van der Waals surface area contributed by atoms with Gasteiger partial charge in [-0.25, -0.2) is 10.2 Å². The molecule has 0 aliphatic heterocycles. The summed E-state index contributed by atoms with van der Waals surface area (Å²) in [6.07, 6.45) is -3.35. The van der Waals surface area contributed by atoms with Crippen molar-refractivity contribution in [3.05, 3.63) is 112 Å². The minimum absolute atomic E-state index is 0.151. The number of fused-ring (bicyclic) bond motifs is 1. The molecule has 45 heavy (non-hydrogen) atoms. The van der Waals surface area contributed by atoms with Crippen LogP contribution in [-0.4, -0.2) is 36.8 Å². The molecule has 5 rings (SSSR count). The zero-order chi connectivity index (χ0) is 32.1. The highest BCUT2D eigenvalue weighted by Gasteiger charge is 2.35. The van der Waals surface area contributed by atoms with E-state index in [0.29, 0.717) is 16.9 Å². The van der Waals surface area contributed by atoms with Gasteiger partial charge in [0.2, 0.25) is 0 Å². The molecule has 0 unspecified atom stereocenters. The molecule has 8 nitrogen and oxygen atoms in total. The minimum Gasteiger partial charge on any atom is -0.497 e. The third kappa shape index (κ3) is 6.78. The molecule has 12 heteroatoms. The Morgan fingerprint density at radius 1 is 0.978 bits per heavy atom. The molecule has 1 aromatic heterocycles. The van der Waals surface area contributed by atoms with E-state index in [0.717, 1.165) is 6.07 Å². The van der Waals surface area contributed by atoms with Gasteiger partial charge in [-0.3, -0.25) is 4.79 Å². The van der Waals surface area contributed by atoms with Crippen molar-refractivity contribution in [2.45, 2.75) is 13.1 Å². The van der Waals surface area contributed by atoms with Crippen LogP contribution in [0.2, 0.25) is 5.02 Å². The molecule has 0 saturated heterocycles. The number of amides is 1. The molecule has 0 spiro atoms. The Morgan fingerprint density at radius 2 is 1.76 bits per heavy atom. The molecule has 5 aromatic rings. The number of esters is 1. The molecule has 0 aliphatic rings. The molecule has 1 amide bonds. The normalized spacial score (nSPS) is 11.5. The summed E-state index contributed by atoms with van der Waals surface area (Å²) in [4.78, 5) is 28.7. The second kappa shape index (κ2) is 13.1. The number of carbonyl (C=O) groups is 2. The van der Waals surface area contributed by atoms with E-state index in [1.165, 1.54) is 31.5 Å². The van der Waals surface area contributed by atoms with Crippen LogP contribution < -0.4 is 19.6 Å². The largest absolute Gasteiger partial charge is 0.497 e. The Labute approximate surface area is 260 Å². The molecule has 2 N–H and O–H groups in total. The van der Waals surface area contributed by atoms with Gasteiger partial charge in [0, 0.05) is 21.5 Å². The van der Waals surface area contributed by atoms with Crippen molar-refractivity contribution in [1.29, 1.82) is 0 Å². The number of halogens is 4. The SMILES string of the molecule is CCOc1cc(C=NNC(=O)c2[nH]c3c(C(F)(F)F)cccc3c2-c2ccccc2Cl)ccc1OC(=O)c1cccc(OC)c1. The lowest BCUT2D eigenvalue weighted by molar-refractivity contribution is -0.136. The van der Waals surface area contributed by atoms with Gasteiger partial charge in [0.15, 0.2) is 11.5 Å². The highest BCUT2D eigenvalue weighted by atomic mass is 35.5. The number of alkyl halides is 3. The second-order valence-corrected chi connectivity index (χ2v) is 9.95. The van der Waals surface area contributed by atoms with Crippen molar-refractivity contribution in [3.63, 3.8) is 0 Å².